The van der Waals surface area contributed by atoms with Gasteiger partial charge in [-0.1, -0.05) is 39.3 Å². The van der Waals surface area contributed by atoms with E-state index in [0.717, 1.165) is 11.1 Å². The van der Waals surface area contributed by atoms with Crippen LogP contribution in [0, 0.1) is 0 Å². The summed E-state index contributed by atoms with van der Waals surface area (Å²) in [5, 5.41) is 9.80. The molecule has 0 amide bonds. The van der Waals surface area contributed by atoms with Crippen LogP contribution >= 0.6 is 0 Å². The zero-order chi connectivity index (χ0) is 11.6. The molecule has 88 valence electrons. The first kappa shape index (κ1) is 15.2. The molecule has 3 heteroatoms. The molecule has 0 saturated heterocycles. The molecule has 1 N–H and O–H groups in total. The van der Waals surface area contributed by atoms with Crippen LogP contribution in [0.5, 0.6) is 5.75 Å². The van der Waals surface area contributed by atoms with Crippen LogP contribution in [-0.4, -0.2) is 11.4 Å². The van der Waals surface area contributed by atoms with Crippen LogP contribution in [0.4, 0.5) is 0 Å². The van der Waals surface area contributed by atoms with Crippen LogP contribution in [0.3, 0.4) is 0 Å². The summed E-state index contributed by atoms with van der Waals surface area (Å²) in [5.41, 5.74) is 2.15. The van der Waals surface area contributed by atoms with Crippen LogP contribution in [0.15, 0.2) is 12.1 Å². The van der Waals surface area contributed by atoms with Gasteiger partial charge in [0.1, 0.15) is 0 Å². The SMILES string of the molecule is CC(C)c1cc([C-]=O)c(O)c(C(C)C)c1.[Cr]. The summed E-state index contributed by atoms with van der Waals surface area (Å²) in [6, 6.07) is 3.67. The number of hydrogen-bond donors (Lipinski definition) is 1. The molecule has 1 rings (SSSR count). The third kappa shape index (κ3) is 3.10. The maximum absolute atomic E-state index is 10.7. The summed E-state index contributed by atoms with van der Waals surface area (Å²) >= 11 is 0. The molecule has 0 aliphatic heterocycles. The molecule has 0 saturated carbocycles. The Bertz CT molecular complexity index is 370. The minimum Gasteiger partial charge on any atom is -0.565 e. The maximum Gasteiger partial charge on any atom is 0.0662 e. The summed E-state index contributed by atoms with van der Waals surface area (Å²) in [7, 11) is 0. The summed E-state index contributed by atoms with van der Waals surface area (Å²) in [6.45, 7) is 8.11. The van der Waals surface area contributed by atoms with Crippen LogP contribution in [-0.2, 0) is 22.2 Å². The van der Waals surface area contributed by atoms with Gasteiger partial charge in [0.05, 0.1) is 6.29 Å². The maximum atomic E-state index is 10.7. The second-order valence-corrected chi connectivity index (χ2v) is 4.42. The Hall–Kier alpha value is -0.778. The first-order chi connectivity index (χ1) is 6.97. The van der Waals surface area contributed by atoms with Crippen LogP contribution < -0.4 is 0 Å². The molecule has 0 atom stereocenters. The molecule has 2 nitrogen and oxygen atoms in total. The fraction of sp³-hybridized carbons (Fsp3) is 0.462. The van der Waals surface area contributed by atoms with Gasteiger partial charge in [-0.15, -0.1) is 11.1 Å². The van der Waals surface area contributed by atoms with Gasteiger partial charge in [0.25, 0.3) is 0 Å². The van der Waals surface area contributed by atoms with Crippen molar-refractivity contribution in [1.82, 2.24) is 0 Å². The number of benzene rings is 1. The minimum absolute atomic E-state index is 0. The smallest absolute Gasteiger partial charge is 0.0662 e. The van der Waals surface area contributed by atoms with Gasteiger partial charge < -0.3 is 9.90 Å². The van der Waals surface area contributed by atoms with Crippen LogP contribution in [0.1, 0.15) is 56.2 Å². The van der Waals surface area contributed by atoms with E-state index >= 15 is 0 Å². The van der Waals surface area contributed by atoms with Crippen molar-refractivity contribution in [2.45, 2.75) is 39.5 Å². The second kappa shape index (κ2) is 6.08. The molecule has 0 aliphatic carbocycles. The summed E-state index contributed by atoms with van der Waals surface area (Å²) in [4.78, 5) is 10.7. The third-order valence-corrected chi connectivity index (χ3v) is 2.56. The van der Waals surface area contributed by atoms with Gasteiger partial charge in [0, 0.05) is 23.1 Å². The summed E-state index contributed by atoms with van der Waals surface area (Å²) in [6.07, 6.45) is 1.79. The fourth-order valence-electron chi connectivity index (χ4n) is 1.53. The molecule has 0 aliphatic rings. The Morgan fingerprint density at radius 1 is 1.12 bits per heavy atom. The van der Waals surface area contributed by atoms with Crippen molar-refractivity contribution in [3.8, 4) is 5.75 Å². The van der Waals surface area contributed by atoms with Crippen molar-refractivity contribution in [1.29, 1.82) is 0 Å². The van der Waals surface area contributed by atoms with Gasteiger partial charge in [0.15, 0.2) is 0 Å². The van der Waals surface area contributed by atoms with Crippen LogP contribution in [0.25, 0.3) is 0 Å². The minimum atomic E-state index is 0. The van der Waals surface area contributed by atoms with E-state index in [1.807, 2.05) is 19.9 Å². The predicted molar refractivity (Wildman–Crippen MR) is 61.1 cm³/mol. The zero-order valence-corrected chi connectivity index (χ0v) is 11.3. The van der Waals surface area contributed by atoms with Gasteiger partial charge in [-0.25, -0.2) is 0 Å². The van der Waals surface area contributed by atoms with Crippen molar-refractivity contribution in [2.24, 2.45) is 0 Å². The number of phenolic OH excluding ortho intramolecular Hbond substituents is 1. The first-order valence-corrected chi connectivity index (χ1v) is 5.22. The number of carbonyl (C=O) groups excluding carboxylic acids is 1. The van der Waals surface area contributed by atoms with Crippen molar-refractivity contribution < 1.29 is 27.3 Å². The topological polar surface area (TPSA) is 37.3 Å². The number of phenols is 1. The van der Waals surface area contributed by atoms with Crippen molar-refractivity contribution in [2.75, 3.05) is 0 Å². The molecule has 1 aromatic carbocycles. The van der Waals surface area contributed by atoms with Gasteiger partial charge in [0.2, 0.25) is 0 Å². The Balaban J connectivity index is 0.00000225. The number of hydrogen-bond acceptors (Lipinski definition) is 2. The second-order valence-electron chi connectivity index (χ2n) is 4.42. The van der Waals surface area contributed by atoms with E-state index in [2.05, 4.69) is 13.8 Å². The Labute approximate surface area is 108 Å². The average molecular weight is 257 g/mol. The first-order valence-electron chi connectivity index (χ1n) is 5.22. The van der Waals surface area contributed by atoms with E-state index in [1.54, 1.807) is 12.4 Å². The third-order valence-electron chi connectivity index (χ3n) is 2.56. The van der Waals surface area contributed by atoms with E-state index in [0.29, 0.717) is 5.92 Å². The molecule has 0 unspecified atom stereocenters. The molecule has 16 heavy (non-hydrogen) atoms. The Morgan fingerprint density at radius 3 is 2.06 bits per heavy atom. The van der Waals surface area contributed by atoms with Crippen molar-refractivity contribution in [3.05, 3.63) is 28.8 Å². The van der Waals surface area contributed by atoms with E-state index in [9.17, 15) is 9.90 Å². The van der Waals surface area contributed by atoms with E-state index in [-0.39, 0.29) is 34.6 Å². The van der Waals surface area contributed by atoms with Gasteiger partial charge in [-0.2, -0.15) is 6.07 Å². The molecule has 0 heterocycles. The molecule has 0 spiro atoms. The normalized spacial score (nSPS) is 10.4. The van der Waals surface area contributed by atoms with Crippen molar-refractivity contribution in [3.63, 3.8) is 0 Å². The van der Waals surface area contributed by atoms with Gasteiger partial charge >= 0.3 is 0 Å². The van der Waals surface area contributed by atoms with E-state index in [4.69, 9.17) is 0 Å². The van der Waals surface area contributed by atoms with Crippen molar-refractivity contribution >= 4 is 6.29 Å². The van der Waals surface area contributed by atoms with E-state index in [1.165, 1.54) is 0 Å². The average Bonchev–Trinajstić information content (AvgIpc) is 2.17. The summed E-state index contributed by atoms with van der Waals surface area (Å²) in [5.74, 6) is 0.621. The molecular formula is C13H17CrO2-. The number of rotatable bonds is 3. The molecule has 0 fully saturated rings. The standard InChI is InChI=1S/C13H17O2.Cr/c1-8(2)10-5-11(7-14)13(15)12(6-10)9(3)4;/h5-6,8-9,15H,1-4H3;/q-1;. The molecule has 0 bridgehead atoms. The van der Waals surface area contributed by atoms with Gasteiger partial charge in [-0.05, 0) is 11.8 Å². The molecule has 0 radical (unpaired) electrons. The fourth-order valence-corrected chi connectivity index (χ4v) is 1.53. The molecule has 1 aromatic rings. The number of aromatic hydroxyl groups is 1. The predicted octanol–water partition coefficient (Wildman–Crippen LogP) is 3.09. The quantitative estimate of drug-likeness (QED) is 0.845. The Morgan fingerprint density at radius 2 is 1.69 bits per heavy atom. The zero-order valence-electron chi connectivity index (χ0n) is 10.1. The molecule has 0 aromatic heterocycles. The largest absolute Gasteiger partial charge is 0.565 e. The molecular weight excluding hydrogens is 240 g/mol. The summed E-state index contributed by atoms with van der Waals surface area (Å²) < 4.78 is 0. The van der Waals surface area contributed by atoms with Crippen LogP contribution in [0.2, 0.25) is 0 Å². The van der Waals surface area contributed by atoms with Gasteiger partial charge in [-0.3, -0.25) is 0 Å². The van der Waals surface area contributed by atoms with E-state index < -0.39 is 0 Å². The monoisotopic (exact) mass is 257 g/mol. The Kier molecular flexibility index (Phi) is 5.78.